The van der Waals surface area contributed by atoms with E-state index >= 15 is 0 Å². The first-order valence-electron chi connectivity index (χ1n) is 7.34. The molecule has 3 aromatic rings. The zero-order valence-corrected chi connectivity index (χ0v) is 13.1. The van der Waals surface area contributed by atoms with Crippen LogP contribution in [-0.2, 0) is 9.53 Å². The molecule has 0 heterocycles. The summed E-state index contributed by atoms with van der Waals surface area (Å²) < 4.78 is 4.72. The average Bonchev–Trinajstić information content (AvgIpc) is 2.61. The summed E-state index contributed by atoms with van der Waals surface area (Å²) in [5, 5.41) is 1.96. The predicted molar refractivity (Wildman–Crippen MR) is 94.3 cm³/mol. The van der Waals surface area contributed by atoms with Crippen molar-refractivity contribution < 1.29 is 14.3 Å². The molecule has 0 saturated heterocycles. The highest BCUT2D eigenvalue weighted by Gasteiger charge is 2.12. The Hall–Kier alpha value is -3.34. The number of nitrogens with two attached hydrogens (primary N) is 1. The summed E-state index contributed by atoms with van der Waals surface area (Å²) in [6, 6.07) is 18.0. The molecule has 0 aliphatic carbocycles. The number of benzene rings is 3. The van der Waals surface area contributed by atoms with Crippen LogP contribution in [0.1, 0.15) is 10.4 Å². The minimum atomic E-state index is -0.450. The Morgan fingerprint density at radius 1 is 1.00 bits per heavy atom. The fourth-order valence-electron chi connectivity index (χ4n) is 2.57. The minimum absolute atomic E-state index is 0.381. The maximum Gasteiger partial charge on any atom is 0.337 e. The molecule has 0 fully saturated rings. The van der Waals surface area contributed by atoms with Gasteiger partial charge in [0, 0.05) is 17.1 Å². The molecule has 5 heteroatoms. The number of nitrogen functional groups attached to an aromatic ring is 1. The number of hydrogen-bond acceptors (Lipinski definition) is 4. The highest BCUT2D eigenvalue weighted by Crippen LogP contribution is 2.29. The molecule has 120 valence electrons. The second-order valence-corrected chi connectivity index (χ2v) is 5.31. The first kappa shape index (κ1) is 15.6. The topological polar surface area (TPSA) is 72.6 Å². The second kappa shape index (κ2) is 6.42. The standard InChI is InChI=1S/C19H16N2O3/c1-24-19(23)14-3-2-4-17(10-14)21(12-22)18-8-6-13-5-7-16(20)9-15(13)11-18/h2-12H,20H2,1H3. The van der Waals surface area contributed by atoms with Gasteiger partial charge in [-0.3, -0.25) is 9.69 Å². The zero-order valence-electron chi connectivity index (χ0n) is 13.1. The Morgan fingerprint density at radius 2 is 1.75 bits per heavy atom. The molecule has 5 nitrogen and oxygen atoms in total. The van der Waals surface area contributed by atoms with Crippen LogP contribution in [-0.4, -0.2) is 19.5 Å². The van der Waals surface area contributed by atoms with Crippen molar-refractivity contribution in [1.29, 1.82) is 0 Å². The third-order valence-corrected chi connectivity index (χ3v) is 3.78. The van der Waals surface area contributed by atoms with E-state index in [0.29, 0.717) is 29.0 Å². The Morgan fingerprint density at radius 3 is 2.50 bits per heavy atom. The predicted octanol–water partition coefficient (Wildman–Crippen LogP) is 3.50. The number of carbonyl (C=O) groups excluding carboxylic acids is 2. The van der Waals surface area contributed by atoms with Gasteiger partial charge in [0.2, 0.25) is 6.41 Å². The highest BCUT2D eigenvalue weighted by molar-refractivity contribution is 5.96. The summed E-state index contributed by atoms with van der Waals surface area (Å²) in [6.45, 7) is 0. The molecule has 0 spiro atoms. The molecule has 0 aliphatic heterocycles. The molecule has 0 atom stereocenters. The molecule has 3 rings (SSSR count). The van der Waals surface area contributed by atoms with Crippen molar-refractivity contribution in [3.8, 4) is 0 Å². The van der Waals surface area contributed by atoms with Gasteiger partial charge in [-0.2, -0.15) is 0 Å². The van der Waals surface area contributed by atoms with Gasteiger partial charge in [-0.1, -0.05) is 18.2 Å². The van der Waals surface area contributed by atoms with E-state index in [0.717, 1.165) is 10.8 Å². The summed E-state index contributed by atoms with van der Waals surface area (Å²) in [4.78, 5) is 24.8. The lowest BCUT2D eigenvalue weighted by atomic mass is 10.1. The van der Waals surface area contributed by atoms with E-state index in [-0.39, 0.29) is 0 Å². The third kappa shape index (κ3) is 2.92. The van der Waals surface area contributed by atoms with Crippen molar-refractivity contribution in [2.45, 2.75) is 0 Å². The monoisotopic (exact) mass is 320 g/mol. The van der Waals surface area contributed by atoms with Crippen LogP contribution < -0.4 is 10.6 Å². The largest absolute Gasteiger partial charge is 0.465 e. The van der Waals surface area contributed by atoms with E-state index in [1.54, 1.807) is 24.3 Å². The molecule has 2 N–H and O–H groups in total. The summed E-state index contributed by atoms with van der Waals surface area (Å²) in [7, 11) is 1.32. The Kier molecular flexibility index (Phi) is 4.16. The van der Waals surface area contributed by atoms with Crippen LogP contribution in [0, 0.1) is 0 Å². The number of hydrogen-bond donors (Lipinski definition) is 1. The van der Waals surface area contributed by atoms with E-state index < -0.39 is 5.97 Å². The van der Waals surface area contributed by atoms with Gasteiger partial charge in [-0.15, -0.1) is 0 Å². The molecule has 3 aromatic carbocycles. The molecule has 1 amide bonds. The maximum atomic E-state index is 11.7. The number of esters is 1. The summed E-state index contributed by atoms with van der Waals surface area (Å²) >= 11 is 0. The first-order chi connectivity index (χ1) is 11.6. The molecule has 24 heavy (non-hydrogen) atoms. The van der Waals surface area contributed by atoms with Gasteiger partial charge in [0.15, 0.2) is 0 Å². The van der Waals surface area contributed by atoms with E-state index in [1.807, 2.05) is 36.4 Å². The van der Waals surface area contributed by atoms with Gasteiger partial charge in [-0.25, -0.2) is 4.79 Å². The number of anilines is 3. The van der Waals surface area contributed by atoms with Gasteiger partial charge < -0.3 is 10.5 Å². The normalized spacial score (nSPS) is 10.4. The smallest absolute Gasteiger partial charge is 0.337 e. The minimum Gasteiger partial charge on any atom is -0.465 e. The SMILES string of the molecule is COC(=O)c1cccc(N(C=O)c2ccc3ccc(N)cc3c2)c1. The van der Waals surface area contributed by atoms with E-state index in [9.17, 15) is 9.59 Å². The van der Waals surface area contributed by atoms with Crippen molar-refractivity contribution in [3.05, 3.63) is 66.2 Å². The van der Waals surface area contributed by atoms with Crippen molar-refractivity contribution in [2.75, 3.05) is 17.7 Å². The number of nitrogens with zero attached hydrogens (tertiary/aromatic N) is 1. The van der Waals surface area contributed by atoms with Crippen molar-refractivity contribution in [3.63, 3.8) is 0 Å². The first-order valence-corrected chi connectivity index (χ1v) is 7.34. The fraction of sp³-hybridized carbons (Fsp3) is 0.0526. The van der Waals surface area contributed by atoms with Crippen molar-refractivity contribution >= 4 is 40.2 Å². The lowest BCUT2D eigenvalue weighted by Crippen LogP contribution is -2.14. The van der Waals surface area contributed by atoms with E-state index in [4.69, 9.17) is 10.5 Å². The van der Waals surface area contributed by atoms with Gasteiger partial charge in [0.05, 0.1) is 12.7 Å². The fourth-order valence-corrected chi connectivity index (χ4v) is 2.57. The Balaban J connectivity index is 2.05. The third-order valence-electron chi connectivity index (χ3n) is 3.78. The maximum absolute atomic E-state index is 11.7. The lowest BCUT2D eigenvalue weighted by molar-refractivity contribution is -0.106. The second-order valence-electron chi connectivity index (χ2n) is 5.31. The van der Waals surface area contributed by atoms with Crippen LogP contribution in [0.15, 0.2) is 60.7 Å². The Labute approximate surface area is 139 Å². The van der Waals surface area contributed by atoms with E-state index in [1.165, 1.54) is 12.0 Å². The zero-order chi connectivity index (χ0) is 17.1. The van der Waals surface area contributed by atoms with Crippen LogP contribution in [0.2, 0.25) is 0 Å². The van der Waals surface area contributed by atoms with Crippen LogP contribution in [0.4, 0.5) is 17.1 Å². The van der Waals surface area contributed by atoms with Crippen molar-refractivity contribution in [2.24, 2.45) is 0 Å². The number of ether oxygens (including phenoxy) is 1. The number of fused-ring (bicyclic) bond motifs is 1. The molecule has 0 radical (unpaired) electrons. The van der Waals surface area contributed by atoms with Gasteiger partial charge in [0.25, 0.3) is 0 Å². The average molecular weight is 320 g/mol. The molecular weight excluding hydrogens is 304 g/mol. The van der Waals surface area contributed by atoms with Crippen LogP contribution in [0.3, 0.4) is 0 Å². The molecule has 0 unspecified atom stereocenters. The van der Waals surface area contributed by atoms with Crippen LogP contribution in [0.5, 0.6) is 0 Å². The number of amides is 1. The number of rotatable bonds is 4. The molecule has 0 aromatic heterocycles. The van der Waals surface area contributed by atoms with Crippen LogP contribution >= 0.6 is 0 Å². The highest BCUT2D eigenvalue weighted by atomic mass is 16.5. The van der Waals surface area contributed by atoms with Gasteiger partial charge >= 0.3 is 5.97 Å². The lowest BCUT2D eigenvalue weighted by Gasteiger charge is -2.19. The van der Waals surface area contributed by atoms with Gasteiger partial charge in [-0.05, 0) is 53.2 Å². The molecule has 0 bridgehead atoms. The summed E-state index contributed by atoms with van der Waals surface area (Å²) in [6.07, 6.45) is 0.712. The Bertz CT molecular complexity index is 921. The number of methoxy groups -OCH3 is 1. The summed E-state index contributed by atoms with van der Waals surface area (Å²) in [5.41, 5.74) is 8.13. The number of carbonyl (C=O) groups is 2. The summed E-state index contributed by atoms with van der Waals surface area (Å²) in [5.74, 6) is -0.450. The van der Waals surface area contributed by atoms with Crippen LogP contribution in [0.25, 0.3) is 10.8 Å². The van der Waals surface area contributed by atoms with Gasteiger partial charge in [0.1, 0.15) is 0 Å². The van der Waals surface area contributed by atoms with E-state index in [2.05, 4.69) is 0 Å². The molecular formula is C19H16N2O3. The quantitative estimate of drug-likeness (QED) is 0.453. The molecule has 0 aliphatic rings. The molecule has 0 saturated carbocycles. The van der Waals surface area contributed by atoms with Crippen molar-refractivity contribution in [1.82, 2.24) is 0 Å².